The van der Waals surface area contributed by atoms with Crippen LogP contribution in [0.25, 0.3) is 0 Å². The van der Waals surface area contributed by atoms with E-state index in [1.807, 2.05) is 53.4 Å². The van der Waals surface area contributed by atoms with Gasteiger partial charge in [0.25, 0.3) is 5.91 Å². The zero-order valence-corrected chi connectivity index (χ0v) is 15.8. The Morgan fingerprint density at radius 2 is 1.78 bits per heavy atom. The molecule has 5 nitrogen and oxygen atoms in total. The smallest absolute Gasteiger partial charge is 0.253 e. The van der Waals surface area contributed by atoms with E-state index >= 15 is 0 Å². The van der Waals surface area contributed by atoms with Crippen molar-refractivity contribution in [2.24, 2.45) is 0 Å². The van der Waals surface area contributed by atoms with Crippen LogP contribution in [0, 0.1) is 0 Å². The number of hydrogen-bond donors (Lipinski definition) is 0. The highest BCUT2D eigenvalue weighted by atomic mass is 16.6. The Morgan fingerprint density at radius 3 is 2.52 bits per heavy atom. The van der Waals surface area contributed by atoms with Gasteiger partial charge in [0.2, 0.25) is 0 Å². The van der Waals surface area contributed by atoms with Crippen LogP contribution in [0.15, 0.2) is 48.5 Å². The third-order valence-electron chi connectivity index (χ3n) is 5.13. The fourth-order valence-electron chi connectivity index (χ4n) is 3.73. The van der Waals surface area contributed by atoms with Gasteiger partial charge in [-0.1, -0.05) is 24.3 Å². The van der Waals surface area contributed by atoms with Crippen molar-refractivity contribution in [2.45, 2.75) is 25.5 Å². The summed E-state index contributed by atoms with van der Waals surface area (Å²) in [7, 11) is 2.08. The molecule has 1 saturated heterocycles. The molecule has 0 radical (unpaired) electrons. The minimum Gasteiger partial charge on any atom is -0.486 e. The number of amides is 1. The van der Waals surface area contributed by atoms with Gasteiger partial charge in [-0.3, -0.25) is 9.69 Å². The van der Waals surface area contributed by atoms with Gasteiger partial charge >= 0.3 is 0 Å². The highest BCUT2D eigenvalue weighted by Gasteiger charge is 2.22. The molecule has 0 aromatic heterocycles. The van der Waals surface area contributed by atoms with Crippen LogP contribution in [0.2, 0.25) is 0 Å². The molecule has 1 unspecified atom stereocenters. The van der Waals surface area contributed by atoms with Crippen LogP contribution in [0.1, 0.15) is 28.8 Å². The van der Waals surface area contributed by atoms with Crippen molar-refractivity contribution in [3.05, 3.63) is 59.7 Å². The molecule has 1 amide bonds. The summed E-state index contributed by atoms with van der Waals surface area (Å²) < 4.78 is 11.8. The van der Waals surface area contributed by atoms with Crippen LogP contribution in [0.3, 0.4) is 0 Å². The van der Waals surface area contributed by atoms with Crippen LogP contribution in [0.4, 0.5) is 0 Å². The van der Waals surface area contributed by atoms with Gasteiger partial charge in [-0.2, -0.15) is 0 Å². The van der Waals surface area contributed by atoms with E-state index in [2.05, 4.69) is 11.9 Å². The summed E-state index contributed by atoms with van der Waals surface area (Å²) in [4.78, 5) is 16.6. The van der Waals surface area contributed by atoms with Gasteiger partial charge in [-0.15, -0.1) is 0 Å². The Kier molecular flexibility index (Phi) is 5.30. The van der Waals surface area contributed by atoms with E-state index in [1.54, 1.807) is 0 Å². The standard InChI is InChI=1S/C22H26N2O3/c1-23(15-19-16-26-20-6-2-3-7-21(20)27-19)14-17-8-10-18(11-9-17)22(25)24-12-4-5-13-24/h2-3,6-11,19H,4-5,12-16H2,1H3. The molecular weight excluding hydrogens is 340 g/mol. The van der Waals surface area contributed by atoms with E-state index in [9.17, 15) is 4.79 Å². The normalized spacial score (nSPS) is 18.7. The van der Waals surface area contributed by atoms with Crippen LogP contribution in [0.5, 0.6) is 11.5 Å². The number of hydrogen-bond acceptors (Lipinski definition) is 4. The number of ether oxygens (including phenoxy) is 2. The van der Waals surface area contributed by atoms with Crippen molar-refractivity contribution in [2.75, 3.05) is 33.3 Å². The maximum Gasteiger partial charge on any atom is 0.253 e. The maximum atomic E-state index is 12.4. The van der Waals surface area contributed by atoms with Gasteiger partial charge in [0, 0.05) is 31.7 Å². The lowest BCUT2D eigenvalue weighted by molar-refractivity contribution is 0.0638. The minimum absolute atomic E-state index is 0.0147. The summed E-state index contributed by atoms with van der Waals surface area (Å²) in [5, 5.41) is 0. The predicted octanol–water partition coefficient (Wildman–Crippen LogP) is 3.19. The molecule has 0 aliphatic carbocycles. The van der Waals surface area contributed by atoms with Crippen molar-refractivity contribution < 1.29 is 14.3 Å². The molecule has 5 heteroatoms. The molecule has 0 N–H and O–H groups in total. The third kappa shape index (κ3) is 4.25. The van der Waals surface area contributed by atoms with E-state index in [-0.39, 0.29) is 12.0 Å². The molecule has 2 aliphatic heterocycles. The molecule has 4 rings (SSSR count). The quantitative estimate of drug-likeness (QED) is 0.815. The lowest BCUT2D eigenvalue weighted by Crippen LogP contribution is -2.39. The van der Waals surface area contributed by atoms with Crippen molar-refractivity contribution >= 4 is 5.91 Å². The number of carbonyl (C=O) groups is 1. The largest absolute Gasteiger partial charge is 0.486 e. The van der Waals surface area contributed by atoms with E-state index in [0.29, 0.717) is 6.61 Å². The monoisotopic (exact) mass is 366 g/mol. The molecule has 2 heterocycles. The maximum absolute atomic E-state index is 12.4. The van der Waals surface area contributed by atoms with Crippen molar-refractivity contribution in [3.8, 4) is 11.5 Å². The molecule has 0 bridgehead atoms. The van der Waals surface area contributed by atoms with Gasteiger partial charge in [0.15, 0.2) is 11.5 Å². The lowest BCUT2D eigenvalue weighted by Gasteiger charge is -2.29. The van der Waals surface area contributed by atoms with Gasteiger partial charge in [0.05, 0.1) is 0 Å². The van der Waals surface area contributed by atoms with Crippen molar-refractivity contribution in [3.63, 3.8) is 0 Å². The second-order valence-corrected chi connectivity index (χ2v) is 7.39. The predicted molar refractivity (Wildman–Crippen MR) is 104 cm³/mol. The first-order chi connectivity index (χ1) is 13.2. The number of rotatable bonds is 5. The molecule has 2 aliphatic rings. The zero-order chi connectivity index (χ0) is 18.6. The van der Waals surface area contributed by atoms with Gasteiger partial charge in [-0.05, 0) is 49.7 Å². The summed E-state index contributed by atoms with van der Waals surface area (Å²) in [6.07, 6.45) is 2.25. The van der Waals surface area contributed by atoms with E-state index < -0.39 is 0 Å². The zero-order valence-electron chi connectivity index (χ0n) is 15.8. The number of likely N-dealkylation sites (tertiary alicyclic amines) is 1. The number of para-hydroxylation sites is 2. The number of benzene rings is 2. The fraction of sp³-hybridized carbons (Fsp3) is 0.409. The summed E-state index contributed by atoms with van der Waals surface area (Å²) in [5.41, 5.74) is 1.97. The lowest BCUT2D eigenvalue weighted by atomic mass is 10.1. The SMILES string of the molecule is CN(Cc1ccc(C(=O)N2CCCC2)cc1)CC1COc2ccccc2O1. The number of fused-ring (bicyclic) bond motifs is 1. The highest BCUT2D eigenvalue weighted by Crippen LogP contribution is 2.31. The molecule has 2 aromatic rings. The van der Waals surface area contributed by atoms with Crippen LogP contribution < -0.4 is 9.47 Å². The summed E-state index contributed by atoms with van der Waals surface area (Å²) in [6.45, 7) is 3.92. The molecule has 142 valence electrons. The van der Waals surface area contributed by atoms with Crippen molar-refractivity contribution in [1.82, 2.24) is 9.80 Å². The first kappa shape index (κ1) is 17.9. The summed E-state index contributed by atoms with van der Waals surface area (Å²) >= 11 is 0. The van der Waals surface area contributed by atoms with Gasteiger partial charge in [0.1, 0.15) is 12.7 Å². The van der Waals surface area contributed by atoms with Gasteiger partial charge in [-0.25, -0.2) is 0 Å². The van der Waals surface area contributed by atoms with Gasteiger partial charge < -0.3 is 14.4 Å². The molecule has 0 saturated carbocycles. The Hall–Kier alpha value is -2.53. The Morgan fingerprint density at radius 1 is 1.07 bits per heavy atom. The van der Waals surface area contributed by atoms with Crippen LogP contribution >= 0.6 is 0 Å². The Labute approximate surface area is 160 Å². The molecule has 0 spiro atoms. The third-order valence-corrected chi connectivity index (χ3v) is 5.13. The average molecular weight is 366 g/mol. The summed E-state index contributed by atoms with van der Waals surface area (Å²) in [5.74, 6) is 1.78. The molecule has 1 atom stereocenters. The van der Waals surface area contributed by atoms with E-state index in [4.69, 9.17) is 9.47 Å². The minimum atomic E-state index is 0.0147. The van der Waals surface area contributed by atoms with E-state index in [1.165, 1.54) is 5.56 Å². The highest BCUT2D eigenvalue weighted by molar-refractivity contribution is 5.94. The molecule has 2 aromatic carbocycles. The Bertz CT molecular complexity index is 784. The first-order valence-electron chi connectivity index (χ1n) is 9.64. The second-order valence-electron chi connectivity index (χ2n) is 7.39. The van der Waals surface area contributed by atoms with E-state index in [0.717, 1.165) is 56.1 Å². The first-order valence-corrected chi connectivity index (χ1v) is 9.64. The van der Waals surface area contributed by atoms with Crippen molar-refractivity contribution in [1.29, 1.82) is 0 Å². The molecule has 27 heavy (non-hydrogen) atoms. The van der Waals surface area contributed by atoms with Crippen LogP contribution in [-0.4, -0.2) is 55.1 Å². The molecule has 1 fully saturated rings. The molecular formula is C22H26N2O3. The number of carbonyl (C=O) groups excluding carboxylic acids is 1. The second kappa shape index (κ2) is 8.01. The summed E-state index contributed by atoms with van der Waals surface area (Å²) in [6, 6.07) is 15.8. The fourth-order valence-corrected chi connectivity index (χ4v) is 3.73. The topological polar surface area (TPSA) is 42.0 Å². The number of nitrogens with zero attached hydrogens (tertiary/aromatic N) is 2. The van der Waals surface area contributed by atoms with Crippen LogP contribution in [-0.2, 0) is 6.54 Å². The average Bonchev–Trinajstić information content (AvgIpc) is 3.23. The number of likely N-dealkylation sites (N-methyl/N-ethyl adjacent to an activating group) is 1. The Balaban J connectivity index is 1.30.